The van der Waals surface area contributed by atoms with Gasteiger partial charge in [-0.15, -0.1) is 0 Å². The van der Waals surface area contributed by atoms with Crippen molar-refractivity contribution < 1.29 is 28.7 Å². The highest BCUT2D eigenvalue weighted by Gasteiger charge is 2.64. The molecule has 5 rings (SSSR count). The maximum Gasteiger partial charge on any atom is 0.335 e. The molecule has 2 heterocycles. The molecule has 0 radical (unpaired) electrons. The minimum atomic E-state index is -1.22. The third kappa shape index (κ3) is 5.23. The maximum atomic E-state index is 15.8. The molecule has 0 aliphatic carbocycles. The van der Waals surface area contributed by atoms with Crippen molar-refractivity contribution in [1.29, 1.82) is 0 Å². The summed E-state index contributed by atoms with van der Waals surface area (Å²) in [6.07, 6.45) is 0.565. The highest BCUT2D eigenvalue weighted by atomic mass is 35.5. The number of fused-ring (bicyclic) bond motifs is 2. The fourth-order valence-corrected chi connectivity index (χ4v) is 6.24. The summed E-state index contributed by atoms with van der Waals surface area (Å²) in [6.45, 7) is 6.22. The average molecular weight is 602 g/mol. The van der Waals surface area contributed by atoms with Gasteiger partial charge in [0.15, 0.2) is 0 Å². The first kappa shape index (κ1) is 29.1. The van der Waals surface area contributed by atoms with Gasteiger partial charge in [0.1, 0.15) is 17.2 Å². The Balaban J connectivity index is 1.66. The third-order valence-corrected chi connectivity index (χ3v) is 8.08. The van der Waals surface area contributed by atoms with Crippen LogP contribution in [0.1, 0.15) is 54.6 Å². The van der Waals surface area contributed by atoms with E-state index in [0.717, 1.165) is 5.56 Å². The second kappa shape index (κ2) is 10.8. The molecular weight excluding hydrogens is 572 g/mol. The van der Waals surface area contributed by atoms with Crippen molar-refractivity contribution in [1.82, 2.24) is 5.32 Å². The zero-order chi connectivity index (χ0) is 29.7. The zero-order valence-corrected chi connectivity index (χ0v) is 24.4. The number of carbonyl (C=O) groups excluding carboxylic acids is 1. The lowest BCUT2D eigenvalue weighted by molar-refractivity contribution is -0.119. The third-order valence-electron chi connectivity index (χ3n) is 7.55. The van der Waals surface area contributed by atoms with Gasteiger partial charge in [0.25, 0.3) is 0 Å². The molecule has 4 atom stereocenters. The summed E-state index contributed by atoms with van der Waals surface area (Å²) in [7, 11) is 1.38. The largest absolute Gasteiger partial charge is 0.495 e. The Kier molecular flexibility index (Phi) is 7.67. The fourth-order valence-electron chi connectivity index (χ4n) is 5.89. The number of ether oxygens (including phenoxy) is 1. The molecule has 11 heteroatoms. The van der Waals surface area contributed by atoms with Crippen LogP contribution in [0.2, 0.25) is 10.0 Å². The van der Waals surface area contributed by atoms with E-state index in [1.807, 2.05) is 6.07 Å². The summed E-state index contributed by atoms with van der Waals surface area (Å²) < 4.78 is 21.2. The lowest BCUT2D eigenvalue weighted by atomic mass is 9.70. The maximum absolute atomic E-state index is 15.8. The number of carboxylic acid groups (broad SMARTS) is 1. The van der Waals surface area contributed by atoms with E-state index >= 15 is 4.39 Å². The van der Waals surface area contributed by atoms with E-state index in [1.165, 1.54) is 31.4 Å². The Morgan fingerprint density at radius 2 is 1.90 bits per heavy atom. The van der Waals surface area contributed by atoms with Gasteiger partial charge >= 0.3 is 5.97 Å². The summed E-state index contributed by atoms with van der Waals surface area (Å²) in [5.74, 6) is -2.98. The number of hydrogen-bond donors (Lipinski definition) is 4. The van der Waals surface area contributed by atoms with Crippen LogP contribution in [0.15, 0.2) is 54.6 Å². The molecule has 0 unspecified atom stereocenters. The Morgan fingerprint density at radius 1 is 1.15 bits per heavy atom. The van der Waals surface area contributed by atoms with E-state index in [2.05, 4.69) is 36.9 Å². The Hall–Kier alpha value is -3.37. The number of amides is 1. The molecule has 4 N–H and O–H groups in total. The van der Waals surface area contributed by atoms with Crippen LogP contribution in [-0.4, -0.2) is 36.2 Å². The molecule has 1 amide bonds. The van der Waals surface area contributed by atoms with Crippen molar-refractivity contribution in [2.75, 3.05) is 17.9 Å². The van der Waals surface area contributed by atoms with Crippen molar-refractivity contribution in [3.05, 3.63) is 87.2 Å². The van der Waals surface area contributed by atoms with Crippen LogP contribution in [0.4, 0.5) is 15.8 Å². The first-order valence-electron chi connectivity index (χ1n) is 13.0. The number of carbonyl (C=O) groups is 2. The number of aromatic carboxylic acids is 1. The predicted molar refractivity (Wildman–Crippen MR) is 155 cm³/mol. The van der Waals surface area contributed by atoms with Crippen molar-refractivity contribution in [2.24, 2.45) is 5.41 Å². The van der Waals surface area contributed by atoms with Crippen LogP contribution in [0, 0.1) is 11.2 Å². The van der Waals surface area contributed by atoms with Crippen LogP contribution in [0.5, 0.6) is 5.75 Å². The van der Waals surface area contributed by atoms with Gasteiger partial charge in [-0.25, -0.2) is 9.18 Å². The van der Waals surface area contributed by atoms with E-state index in [4.69, 9.17) is 32.8 Å². The minimum absolute atomic E-state index is 0.00241. The van der Waals surface area contributed by atoms with Crippen molar-refractivity contribution >= 4 is 46.5 Å². The Labute approximate surface area is 247 Å². The highest BCUT2D eigenvalue weighted by molar-refractivity contribution is 6.31. The average Bonchev–Trinajstić information content (AvgIpc) is 3.43. The van der Waals surface area contributed by atoms with E-state index in [0.29, 0.717) is 17.1 Å². The van der Waals surface area contributed by atoms with Gasteiger partial charge in [0.05, 0.1) is 35.1 Å². The van der Waals surface area contributed by atoms with Crippen molar-refractivity contribution in [3.63, 3.8) is 0 Å². The van der Waals surface area contributed by atoms with E-state index < -0.39 is 41.3 Å². The second-order valence-electron chi connectivity index (χ2n) is 11.5. The molecule has 8 nitrogen and oxygen atoms in total. The standard InChI is InChI=1S/C30H30Cl2FN3O5/c1-29(2,3)14-23-30(18-10-9-16(31)13-21(18)36-41-30)24(17-6-5-7-19(32)25(17)33)26(35-23)27(37)34-20-11-8-15(28(38)39)12-22(20)40-4/h5-13,23-24,26,35-36H,14H2,1-4H3,(H,34,37)(H,38,39)/t23-,24-,26+,30+/m0/s1. The van der Waals surface area contributed by atoms with Crippen LogP contribution in [-0.2, 0) is 15.2 Å². The quantitative estimate of drug-likeness (QED) is 0.252. The first-order chi connectivity index (χ1) is 19.4. The molecule has 0 aromatic heterocycles. The molecule has 2 aliphatic rings. The molecule has 41 heavy (non-hydrogen) atoms. The number of anilines is 2. The van der Waals surface area contributed by atoms with Gasteiger partial charge in [0.2, 0.25) is 5.91 Å². The van der Waals surface area contributed by atoms with Crippen LogP contribution in [0.25, 0.3) is 0 Å². The number of rotatable bonds is 6. The molecule has 2 aliphatic heterocycles. The smallest absolute Gasteiger partial charge is 0.335 e. The zero-order valence-electron chi connectivity index (χ0n) is 22.8. The molecule has 1 spiro atoms. The Bertz CT molecular complexity index is 1530. The number of benzene rings is 3. The summed E-state index contributed by atoms with van der Waals surface area (Å²) >= 11 is 12.5. The fraction of sp³-hybridized carbons (Fsp3) is 0.333. The normalized spacial score (nSPS) is 23.2. The molecule has 3 aromatic carbocycles. The second-order valence-corrected chi connectivity index (χ2v) is 12.3. The van der Waals surface area contributed by atoms with E-state index in [1.54, 1.807) is 24.3 Å². The monoisotopic (exact) mass is 601 g/mol. The van der Waals surface area contributed by atoms with Crippen LogP contribution in [0.3, 0.4) is 0 Å². The topological polar surface area (TPSA) is 109 Å². The molecule has 3 aromatic rings. The van der Waals surface area contributed by atoms with E-state index in [9.17, 15) is 14.7 Å². The van der Waals surface area contributed by atoms with Gasteiger partial charge < -0.3 is 15.2 Å². The van der Waals surface area contributed by atoms with Gasteiger partial charge in [-0.3, -0.25) is 20.4 Å². The Morgan fingerprint density at radius 3 is 2.59 bits per heavy atom. The molecule has 1 fully saturated rings. The molecule has 216 valence electrons. The van der Waals surface area contributed by atoms with Gasteiger partial charge in [-0.2, -0.15) is 0 Å². The van der Waals surface area contributed by atoms with Crippen LogP contribution < -0.4 is 20.9 Å². The molecular formula is C30H30Cl2FN3O5. The number of nitrogens with one attached hydrogen (secondary N) is 3. The highest BCUT2D eigenvalue weighted by Crippen LogP contribution is 2.57. The predicted octanol–water partition coefficient (Wildman–Crippen LogP) is 6.59. The SMILES string of the molecule is COc1cc(C(=O)O)ccc1NC(=O)[C@@H]1N[C@@H](CC(C)(C)C)[C@@]2(ONc3cc(Cl)ccc32)[C@H]1c1cccc(Cl)c1F. The molecule has 0 saturated carbocycles. The lowest BCUT2D eigenvalue weighted by Gasteiger charge is -2.37. The lowest BCUT2D eigenvalue weighted by Crippen LogP contribution is -2.45. The summed E-state index contributed by atoms with van der Waals surface area (Å²) in [5, 5.41) is 16.1. The molecule has 0 bridgehead atoms. The first-order valence-corrected chi connectivity index (χ1v) is 13.8. The van der Waals surface area contributed by atoms with Gasteiger partial charge in [0, 0.05) is 22.5 Å². The summed E-state index contributed by atoms with van der Waals surface area (Å²) in [6, 6.07) is 12.7. The number of hydrogen-bond acceptors (Lipinski definition) is 6. The van der Waals surface area contributed by atoms with Gasteiger partial charge in [-0.05, 0) is 53.8 Å². The summed E-state index contributed by atoms with van der Waals surface area (Å²) in [4.78, 5) is 32.0. The van der Waals surface area contributed by atoms with Crippen molar-refractivity contribution in [3.8, 4) is 5.75 Å². The van der Waals surface area contributed by atoms with Crippen molar-refractivity contribution in [2.45, 2.75) is 50.8 Å². The van der Waals surface area contributed by atoms with E-state index in [-0.39, 0.29) is 33.0 Å². The van der Waals surface area contributed by atoms with Gasteiger partial charge in [-0.1, -0.05) is 62.2 Å². The number of methoxy groups -OCH3 is 1. The number of carboxylic acids is 1. The summed E-state index contributed by atoms with van der Waals surface area (Å²) in [5.41, 5.74) is 3.38. The molecule has 1 saturated heterocycles. The number of halogens is 3. The van der Waals surface area contributed by atoms with Crippen LogP contribution >= 0.6 is 23.2 Å². The minimum Gasteiger partial charge on any atom is -0.495 e.